The predicted molar refractivity (Wildman–Crippen MR) is 96.4 cm³/mol. The van der Waals surface area contributed by atoms with Gasteiger partial charge < -0.3 is 5.32 Å². The van der Waals surface area contributed by atoms with Gasteiger partial charge in [0.15, 0.2) is 0 Å². The third-order valence-corrected chi connectivity index (χ3v) is 4.18. The van der Waals surface area contributed by atoms with Crippen molar-refractivity contribution in [2.75, 3.05) is 5.32 Å². The number of hydrogen-bond donors (Lipinski definition) is 1. The van der Waals surface area contributed by atoms with Gasteiger partial charge in [-0.3, -0.25) is 9.78 Å². The van der Waals surface area contributed by atoms with Crippen LogP contribution in [-0.4, -0.2) is 10.9 Å². The number of carbonyl (C=O) groups is 1. The predicted octanol–water partition coefficient (Wildman–Crippen LogP) is 4.77. The molecule has 114 valence electrons. The molecule has 4 heteroatoms. The normalized spacial score (nSPS) is 10.8. The minimum atomic E-state index is -0.156. The highest BCUT2D eigenvalue weighted by Gasteiger charge is 2.01. The van der Waals surface area contributed by atoms with Gasteiger partial charge in [0.05, 0.1) is 0 Å². The van der Waals surface area contributed by atoms with Gasteiger partial charge in [-0.2, -0.15) is 11.3 Å². The Morgan fingerprint density at radius 3 is 2.65 bits per heavy atom. The van der Waals surface area contributed by atoms with Gasteiger partial charge in [0.1, 0.15) is 0 Å². The highest BCUT2D eigenvalue weighted by atomic mass is 32.1. The molecule has 0 unspecified atom stereocenters. The molecule has 0 aliphatic heterocycles. The van der Waals surface area contributed by atoms with E-state index in [1.54, 1.807) is 29.8 Å². The highest BCUT2D eigenvalue weighted by Crippen LogP contribution is 2.23. The number of thiophene rings is 1. The summed E-state index contributed by atoms with van der Waals surface area (Å²) in [6, 6.07) is 11.8. The first-order valence-electron chi connectivity index (χ1n) is 7.25. The number of nitrogens with one attached hydrogen (secondary N) is 1. The van der Waals surface area contributed by atoms with Gasteiger partial charge in [-0.05, 0) is 70.3 Å². The average molecular weight is 320 g/mol. The molecule has 2 heterocycles. The Kier molecular flexibility index (Phi) is 4.64. The summed E-state index contributed by atoms with van der Waals surface area (Å²) < 4.78 is 0. The van der Waals surface area contributed by atoms with Gasteiger partial charge in [0, 0.05) is 24.2 Å². The van der Waals surface area contributed by atoms with E-state index < -0.39 is 0 Å². The minimum absolute atomic E-state index is 0.156. The lowest BCUT2D eigenvalue weighted by atomic mass is 10.1. The molecule has 0 aliphatic carbocycles. The topological polar surface area (TPSA) is 42.0 Å². The summed E-state index contributed by atoms with van der Waals surface area (Å²) in [5, 5.41) is 7.02. The number of amides is 1. The number of hydrogen-bond acceptors (Lipinski definition) is 3. The summed E-state index contributed by atoms with van der Waals surface area (Å²) in [5.41, 5.74) is 5.15. The molecule has 1 aromatic carbocycles. The van der Waals surface area contributed by atoms with E-state index >= 15 is 0 Å². The smallest absolute Gasteiger partial charge is 0.248 e. The van der Waals surface area contributed by atoms with Gasteiger partial charge in [0.25, 0.3) is 0 Å². The van der Waals surface area contributed by atoms with Crippen LogP contribution in [0.2, 0.25) is 0 Å². The zero-order valence-corrected chi connectivity index (χ0v) is 13.5. The molecule has 0 atom stereocenters. The van der Waals surface area contributed by atoms with Crippen LogP contribution in [-0.2, 0) is 4.79 Å². The van der Waals surface area contributed by atoms with E-state index in [2.05, 4.69) is 27.1 Å². The highest BCUT2D eigenvalue weighted by molar-refractivity contribution is 7.08. The van der Waals surface area contributed by atoms with Crippen LogP contribution >= 0.6 is 11.3 Å². The lowest BCUT2D eigenvalue weighted by molar-refractivity contribution is -0.111. The molecule has 2 aromatic heterocycles. The van der Waals surface area contributed by atoms with Crippen LogP contribution in [0.5, 0.6) is 0 Å². The first-order chi connectivity index (χ1) is 11.2. The maximum atomic E-state index is 12.0. The Balaban J connectivity index is 1.65. The van der Waals surface area contributed by atoms with E-state index in [4.69, 9.17) is 0 Å². The number of carbonyl (C=O) groups excluding carboxylic acids is 1. The lowest BCUT2D eigenvalue weighted by Crippen LogP contribution is -2.07. The molecule has 0 aliphatic rings. The minimum Gasteiger partial charge on any atom is -0.323 e. The number of pyridine rings is 1. The Labute approximate surface area is 139 Å². The number of aromatic nitrogens is 1. The molecule has 0 spiro atoms. The second-order valence-electron chi connectivity index (χ2n) is 5.14. The summed E-state index contributed by atoms with van der Waals surface area (Å²) in [6.45, 7) is 1.99. The van der Waals surface area contributed by atoms with Gasteiger partial charge >= 0.3 is 0 Å². The van der Waals surface area contributed by atoms with E-state index in [1.807, 2.05) is 37.3 Å². The van der Waals surface area contributed by atoms with Crippen LogP contribution < -0.4 is 5.32 Å². The van der Waals surface area contributed by atoms with Crippen LogP contribution in [0, 0.1) is 6.92 Å². The molecular weight excluding hydrogens is 304 g/mol. The first-order valence-corrected chi connectivity index (χ1v) is 8.19. The molecule has 1 amide bonds. The largest absolute Gasteiger partial charge is 0.323 e. The van der Waals surface area contributed by atoms with Crippen molar-refractivity contribution in [2.24, 2.45) is 0 Å². The van der Waals surface area contributed by atoms with Crippen molar-refractivity contribution in [2.45, 2.75) is 6.92 Å². The maximum absolute atomic E-state index is 12.0. The number of nitrogens with zero attached hydrogens (tertiary/aromatic N) is 1. The summed E-state index contributed by atoms with van der Waals surface area (Å²) >= 11 is 1.67. The Morgan fingerprint density at radius 2 is 1.96 bits per heavy atom. The quantitative estimate of drug-likeness (QED) is 0.704. The molecule has 23 heavy (non-hydrogen) atoms. The zero-order valence-electron chi connectivity index (χ0n) is 12.7. The molecule has 1 N–H and O–H groups in total. The standard InChI is InChI=1S/C19H16N2OS/c1-14-8-10-20-12-16(14)4-7-19(22)21-18-5-2-15(3-6-18)17-9-11-23-13-17/h2-13H,1H3,(H,21,22)/b7-4+. The maximum Gasteiger partial charge on any atom is 0.248 e. The fourth-order valence-corrected chi connectivity index (χ4v) is 2.84. The molecule has 3 rings (SSSR count). The summed E-state index contributed by atoms with van der Waals surface area (Å²) in [6.07, 6.45) is 6.78. The molecule has 0 fully saturated rings. The van der Waals surface area contributed by atoms with Gasteiger partial charge in [-0.15, -0.1) is 0 Å². The van der Waals surface area contributed by atoms with E-state index in [9.17, 15) is 4.79 Å². The third-order valence-electron chi connectivity index (χ3n) is 3.50. The number of aryl methyl sites for hydroxylation is 1. The Hall–Kier alpha value is -2.72. The van der Waals surface area contributed by atoms with E-state index in [0.717, 1.165) is 22.4 Å². The molecule has 3 aromatic rings. The SMILES string of the molecule is Cc1ccncc1/C=C/C(=O)Nc1ccc(-c2ccsc2)cc1. The van der Waals surface area contributed by atoms with Gasteiger partial charge in [0.2, 0.25) is 5.91 Å². The lowest BCUT2D eigenvalue weighted by Gasteiger charge is -2.04. The van der Waals surface area contributed by atoms with Gasteiger partial charge in [-0.1, -0.05) is 12.1 Å². The summed E-state index contributed by atoms with van der Waals surface area (Å²) in [5.74, 6) is -0.156. The van der Waals surface area contributed by atoms with Crippen LogP contribution in [0.15, 0.2) is 65.6 Å². The fraction of sp³-hybridized carbons (Fsp3) is 0.0526. The molecule has 0 bridgehead atoms. The van der Waals surface area contributed by atoms with Crippen molar-refractivity contribution < 1.29 is 4.79 Å². The molecule has 0 saturated carbocycles. The van der Waals surface area contributed by atoms with Crippen molar-refractivity contribution in [3.05, 3.63) is 76.8 Å². The van der Waals surface area contributed by atoms with Crippen LogP contribution in [0.1, 0.15) is 11.1 Å². The van der Waals surface area contributed by atoms with Crippen molar-refractivity contribution in [3.63, 3.8) is 0 Å². The monoisotopic (exact) mass is 320 g/mol. The number of benzene rings is 1. The molecule has 3 nitrogen and oxygen atoms in total. The number of rotatable bonds is 4. The Morgan fingerprint density at radius 1 is 1.13 bits per heavy atom. The van der Waals surface area contributed by atoms with Crippen molar-refractivity contribution in [3.8, 4) is 11.1 Å². The first kappa shape index (κ1) is 15.2. The Bertz CT molecular complexity index is 821. The van der Waals surface area contributed by atoms with Gasteiger partial charge in [-0.25, -0.2) is 0 Å². The molecule has 0 radical (unpaired) electrons. The van der Waals surface area contributed by atoms with Crippen LogP contribution in [0.3, 0.4) is 0 Å². The fourth-order valence-electron chi connectivity index (χ4n) is 2.17. The molecular formula is C19H16N2OS. The van der Waals surface area contributed by atoms with Crippen LogP contribution in [0.25, 0.3) is 17.2 Å². The van der Waals surface area contributed by atoms with E-state index in [0.29, 0.717) is 0 Å². The number of anilines is 1. The van der Waals surface area contributed by atoms with Crippen molar-refractivity contribution >= 4 is 29.0 Å². The van der Waals surface area contributed by atoms with E-state index in [1.165, 1.54) is 11.6 Å². The van der Waals surface area contributed by atoms with Crippen LogP contribution in [0.4, 0.5) is 5.69 Å². The second-order valence-corrected chi connectivity index (χ2v) is 5.92. The van der Waals surface area contributed by atoms with E-state index in [-0.39, 0.29) is 5.91 Å². The zero-order chi connectivity index (χ0) is 16.1. The third kappa shape index (κ3) is 3.93. The molecule has 0 saturated heterocycles. The average Bonchev–Trinajstić information content (AvgIpc) is 3.09. The summed E-state index contributed by atoms with van der Waals surface area (Å²) in [7, 11) is 0. The van der Waals surface area contributed by atoms with Crippen molar-refractivity contribution in [1.29, 1.82) is 0 Å². The van der Waals surface area contributed by atoms with Crippen molar-refractivity contribution in [1.82, 2.24) is 4.98 Å². The second kappa shape index (κ2) is 7.03. The summed E-state index contributed by atoms with van der Waals surface area (Å²) in [4.78, 5) is 16.1.